The molecule has 1 aliphatic rings. The summed E-state index contributed by atoms with van der Waals surface area (Å²) in [7, 11) is 4.76. The maximum atomic E-state index is 9.86. The third-order valence-corrected chi connectivity index (χ3v) is 5.02. The molecule has 2 heterocycles. The summed E-state index contributed by atoms with van der Waals surface area (Å²) in [5.74, 6) is 1.76. The van der Waals surface area contributed by atoms with Crippen LogP contribution in [-0.4, -0.2) is 31.5 Å². The smallest absolute Gasteiger partial charge is 0.244 e. The van der Waals surface area contributed by atoms with E-state index in [4.69, 9.17) is 24.7 Å². The number of fused-ring (bicyclic) bond motifs is 1. The van der Waals surface area contributed by atoms with Gasteiger partial charge in [-0.3, -0.25) is 5.10 Å². The Labute approximate surface area is 173 Å². The van der Waals surface area contributed by atoms with Gasteiger partial charge in [-0.2, -0.15) is 5.26 Å². The first-order valence-corrected chi connectivity index (χ1v) is 9.12. The van der Waals surface area contributed by atoms with Crippen LogP contribution in [0, 0.1) is 11.3 Å². The highest BCUT2D eigenvalue weighted by atomic mass is 16.5. The van der Waals surface area contributed by atoms with E-state index < -0.39 is 5.92 Å². The van der Waals surface area contributed by atoms with Gasteiger partial charge in [0.2, 0.25) is 11.8 Å². The molecule has 8 heteroatoms. The van der Waals surface area contributed by atoms with Gasteiger partial charge in [0.25, 0.3) is 0 Å². The van der Waals surface area contributed by atoms with Gasteiger partial charge in [0.05, 0.1) is 38.5 Å². The summed E-state index contributed by atoms with van der Waals surface area (Å²) in [6.45, 7) is 0. The van der Waals surface area contributed by atoms with Crippen LogP contribution in [0.1, 0.15) is 17.0 Å². The molecule has 1 unspecified atom stereocenters. The number of nitrogens with two attached hydrogens (primary N) is 1. The summed E-state index contributed by atoms with van der Waals surface area (Å²) in [5.41, 5.74) is 9.41. The molecule has 1 aliphatic heterocycles. The van der Waals surface area contributed by atoms with Crippen molar-refractivity contribution in [2.45, 2.75) is 5.92 Å². The van der Waals surface area contributed by atoms with Crippen LogP contribution in [0.4, 0.5) is 0 Å². The molecule has 30 heavy (non-hydrogen) atoms. The fourth-order valence-corrected chi connectivity index (χ4v) is 3.55. The van der Waals surface area contributed by atoms with Crippen molar-refractivity contribution in [1.29, 1.82) is 5.26 Å². The molecule has 1 aromatic heterocycles. The second-order valence-corrected chi connectivity index (χ2v) is 6.62. The molecule has 0 aliphatic carbocycles. The summed E-state index contributed by atoms with van der Waals surface area (Å²) < 4.78 is 21.7. The van der Waals surface area contributed by atoms with Gasteiger partial charge in [-0.1, -0.05) is 0 Å². The zero-order valence-corrected chi connectivity index (χ0v) is 16.7. The third kappa shape index (κ3) is 3.16. The van der Waals surface area contributed by atoms with E-state index in [0.29, 0.717) is 22.9 Å². The Morgan fingerprint density at radius 3 is 2.20 bits per heavy atom. The van der Waals surface area contributed by atoms with Gasteiger partial charge >= 0.3 is 0 Å². The van der Waals surface area contributed by atoms with Crippen LogP contribution in [0.5, 0.6) is 23.1 Å². The second-order valence-electron chi connectivity index (χ2n) is 6.62. The van der Waals surface area contributed by atoms with Crippen molar-refractivity contribution in [3.63, 3.8) is 0 Å². The summed E-state index contributed by atoms with van der Waals surface area (Å²) >= 11 is 0. The number of methoxy groups -OCH3 is 3. The van der Waals surface area contributed by atoms with Gasteiger partial charge in [-0.05, 0) is 42.0 Å². The average molecular weight is 404 g/mol. The molecule has 0 saturated heterocycles. The number of rotatable bonds is 5. The second kappa shape index (κ2) is 7.72. The maximum absolute atomic E-state index is 9.86. The lowest BCUT2D eigenvalue weighted by molar-refractivity contribution is 0.377. The highest BCUT2D eigenvalue weighted by Gasteiger charge is 2.36. The van der Waals surface area contributed by atoms with Crippen LogP contribution < -0.4 is 24.7 Å². The molecule has 0 fully saturated rings. The number of nitriles is 1. The van der Waals surface area contributed by atoms with E-state index in [2.05, 4.69) is 16.3 Å². The van der Waals surface area contributed by atoms with Gasteiger partial charge in [0, 0.05) is 11.6 Å². The van der Waals surface area contributed by atoms with Crippen molar-refractivity contribution >= 4 is 0 Å². The quantitative estimate of drug-likeness (QED) is 0.670. The SMILES string of the molecule is COc1ccc(-c2[nH]nc3c2C(c2cc(OC)cc(OC)c2)C(C#N)=C(N)O3)cc1. The molecule has 2 aromatic carbocycles. The largest absolute Gasteiger partial charge is 0.497 e. The van der Waals surface area contributed by atoms with Crippen LogP contribution in [0.3, 0.4) is 0 Å². The Hall–Kier alpha value is -4.12. The highest BCUT2D eigenvalue weighted by Crippen LogP contribution is 2.47. The fraction of sp³-hybridized carbons (Fsp3) is 0.182. The Morgan fingerprint density at radius 1 is 1.00 bits per heavy atom. The van der Waals surface area contributed by atoms with Gasteiger partial charge in [0.1, 0.15) is 28.9 Å². The van der Waals surface area contributed by atoms with Crippen LogP contribution in [-0.2, 0) is 0 Å². The number of aromatic nitrogens is 2. The maximum Gasteiger partial charge on any atom is 0.244 e. The Balaban J connectivity index is 1.93. The first-order valence-electron chi connectivity index (χ1n) is 9.12. The lowest BCUT2D eigenvalue weighted by Gasteiger charge is -2.24. The molecule has 0 amide bonds. The Kier molecular flexibility index (Phi) is 4.94. The number of hydrogen-bond acceptors (Lipinski definition) is 7. The van der Waals surface area contributed by atoms with E-state index in [1.165, 1.54) is 0 Å². The normalized spacial score (nSPS) is 15.1. The van der Waals surface area contributed by atoms with E-state index in [1.54, 1.807) is 27.4 Å². The summed E-state index contributed by atoms with van der Waals surface area (Å²) in [6.07, 6.45) is 0. The molecule has 3 aromatic rings. The molecule has 1 atom stereocenters. The summed E-state index contributed by atoms with van der Waals surface area (Å²) in [6, 6.07) is 15.2. The fourth-order valence-electron chi connectivity index (χ4n) is 3.55. The predicted molar refractivity (Wildman–Crippen MR) is 109 cm³/mol. The molecule has 0 spiro atoms. The van der Waals surface area contributed by atoms with Crippen molar-refractivity contribution in [2.24, 2.45) is 5.73 Å². The molecule has 0 bridgehead atoms. The van der Waals surface area contributed by atoms with Crippen LogP contribution in [0.25, 0.3) is 11.3 Å². The van der Waals surface area contributed by atoms with E-state index in [1.807, 2.05) is 36.4 Å². The average Bonchev–Trinajstić information content (AvgIpc) is 3.20. The molecule has 4 rings (SSSR count). The summed E-state index contributed by atoms with van der Waals surface area (Å²) in [5, 5.41) is 17.2. The minimum Gasteiger partial charge on any atom is -0.497 e. The van der Waals surface area contributed by atoms with E-state index in [-0.39, 0.29) is 11.5 Å². The van der Waals surface area contributed by atoms with Crippen LogP contribution >= 0.6 is 0 Å². The van der Waals surface area contributed by atoms with Crippen molar-refractivity contribution in [3.05, 3.63) is 65.0 Å². The van der Waals surface area contributed by atoms with Crippen molar-refractivity contribution in [3.8, 4) is 40.5 Å². The number of H-pyrrole nitrogens is 1. The zero-order valence-electron chi connectivity index (χ0n) is 16.7. The van der Waals surface area contributed by atoms with Crippen molar-refractivity contribution < 1.29 is 18.9 Å². The Bertz CT molecular complexity index is 1140. The van der Waals surface area contributed by atoms with Crippen molar-refractivity contribution in [2.75, 3.05) is 21.3 Å². The molecular formula is C22H20N4O4. The number of aromatic amines is 1. The molecule has 152 valence electrons. The number of allylic oxidation sites excluding steroid dienone is 1. The van der Waals surface area contributed by atoms with Gasteiger partial charge in [-0.15, -0.1) is 5.10 Å². The lowest BCUT2D eigenvalue weighted by atomic mass is 9.83. The van der Waals surface area contributed by atoms with E-state index in [0.717, 1.165) is 22.6 Å². The first kappa shape index (κ1) is 19.2. The number of nitrogens with one attached hydrogen (secondary N) is 1. The molecule has 8 nitrogen and oxygen atoms in total. The summed E-state index contributed by atoms with van der Waals surface area (Å²) in [4.78, 5) is 0. The minimum absolute atomic E-state index is 0.0181. The molecular weight excluding hydrogens is 384 g/mol. The topological polar surface area (TPSA) is 115 Å². The number of benzene rings is 2. The lowest BCUT2D eigenvalue weighted by Crippen LogP contribution is -2.21. The number of nitrogens with zero attached hydrogens (tertiary/aromatic N) is 2. The van der Waals surface area contributed by atoms with Gasteiger partial charge in [0.15, 0.2) is 0 Å². The van der Waals surface area contributed by atoms with Crippen LogP contribution in [0.15, 0.2) is 53.9 Å². The monoisotopic (exact) mass is 404 g/mol. The van der Waals surface area contributed by atoms with Gasteiger partial charge in [-0.25, -0.2) is 0 Å². The van der Waals surface area contributed by atoms with Crippen molar-refractivity contribution in [1.82, 2.24) is 10.2 Å². The number of hydrogen-bond donors (Lipinski definition) is 2. The van der Waals surface area contributed by atoms with E-state index >= 15 is 0 Å². The third-order valence-electron chi connectivity index (χ3n) is 5.02. The van der Waals surface area contributed by atoms with Crippen LogP contribution in [0.2, 0.25) is 0 Å². The Morgan fingerprint density at radius 2 is 1.63 bits per heavy atom. The first-order chi connectivity index (χ1) is 14.6. The van der Waals surface area contributed by atoms with E-state index in [9.17, 15) is 5.26 Å². The molecule has 0 saturated carbocycles. The number of ether oxygens (including phenoxy) is 4. The van der Waals surface area contributed by atoms with Gasteiger partial charge < -0.3 is 24.7 Å². The highest BCUT2D eigenvalue weighted by molar-refractivity contribution is 5.71. The standard InChI is InChI=1S/C22H20N4O4/c1-27-14-6-4-12(5-7-14)20-19-18(13-8-15(28-2)10-16(9-13)29-3)17(11-23)21(24)30-22(19)26-25-20/h4-10,18H,24H2,1-3H3,(H,25,26). The zero-order chi connectivity index (χ0) is 21.3. The minimum atomic E-state index is -0.515. The predicted octanol–water partition coefficient (Wildman–Crippen LogP) is 3.32. The molecule has 0 radical (unpaired) electrons. The molecule has 3 N–H and O–H groups in total.